The molecule has 0 bridgehead atoms. The maximum Gasteiger partial charge on any atom is 0.337 e. The number of benzene rings is 2. The molecule has 1 N–H and O–H groups in total. The van der Waals surface area contributed by atoms with Gasteiger partial charge in [0.2, 0.25) is 11.3 Å². The van der Waals surface area contributed by atoms with Crippen LogP contribution in [-0.4, -0.2) is 29.6 Å². The van der Waals surface area contributed by atoms with E-state index in [1.54, 1.807) is 36.4 Å². The summed E-state index contributed by atoms with van der Waals surface area (Å²) < 4.78 is 4.67. The second kappa shape index (κ2) is 6.17. The summed E-state index contributed by atoms with van der Waals surface area (Å²) in [6, 6.07) is 14.1. The summed E-state index contributed by atoms with van der Waals surface area (Å²) in [5.41, 5.74) is 1.46. The second-order valence-corrected chi connectivity index (χ2v) is 6.07. The van der Waals surface area contributed by atoms with E-state index in [1.807, 2.05) is 0 Å². The average molecular weight is 359 g/mol. The van der Waals surface area contributed by atoms with E-state index in [2.05, 4.69) is 9.72 Å². The Morgan fingerprint density at radius 2 is 1.48 bits per heavy atom. The first-order chi connectivity index (χ1) is 13.0. The Morgan fingerprint density at radius 1 is 0.852 bits per heavy atom. The van der Waals surface area contributed by atoms with Crippen molar-refractivity contribution in [2.45, 2.75) is 0 Å². The Kier molecular flexibility index (Phi) is 3.81. The van der Waals surface area contributed by atoms with Gasteiger partial charge in [0.25, 0.3) is 0 Å². The highest BCUT2D eigenvalue weighted by molar-refractivity contribution is 6.29. The van der Waals surface area contributed by atoms with Gasteiger partial charge in [-0.3, -0.25) is 14.4 Å². The summed E-state index contributed by atoms with van der Waals surface area (Å²) in [5, 5.41) is 0. The minimum absolute atomic E-state index is 0.0155. The number of carbonyl (C=O) groups is 3. The van der Waals surface area contributed by atoms with Crippen LogP contribution in [0.1, 0.15) is 42.3 Å². The number of hydrogen-bond donors (Lipinski definition) is 1. The maximum absolute atomic E-state index is 13.0. The molecule has 132 valence electrons. The van der Waals surface area contributed by atoms with Crippen LogP contribution in [0.4, 0.5) is 0 Å². The van der Waals surface area contributed by atoms with E-state index in [0.717, 1.165) is 0 Å². The fourth-order valence-electron chi connectivity index (χ4n) is 3.25. The zero-order valence-electron chi connectivity index (χ0n) is 14.2. The van der Waals surface area contributed by atoms with Crippen molar-refractivity contribution in [2.24, 2.45) is 0 Å². The lowest BCUT2D eigenvalue weighted by Crippen LogP contribution is -2.26. The summed E-state index contributed by atoms with van der Waals surface area (Å²) in [7, 11) is 1.28. The Balaban J connectivity index is 1.93. The third-order valence-electron chi connectivity index (χ3n) is 4.53. The number of pyridine rings is 1. The van der Waals surface area contributed by atoms with Crippen molar-refractivity contribution in [1.82, 2.24) is 4.98 Å². The van der Waals surface area contributed by atoms with Gasteiger partial charge in [-0.25, -0.2) is 4.79 Å². The third-order valence-corrected chi connectivity index (χ3v) is 4.53. The van der Waals surface area contributed by atoms with E-state index in [9.17, 15) is 19.2 Å². The van der Waals surface area contributed by atoms with Crippen molar-refractivity contribution in [3.8, 4) is 11.1 Å². The quantitative estimate of drug-likeness (QED) is 0.555. The predicted octanol–water partition coefficient (Wildman–Crippen LogP) is 2.60. The number of aromatic amines is 1. The molecule has 1 heterocycles. The molecule has 6 heteroatoms. The van der Waals surface area contributed by atoms with Crippen LogP contribution in [0.3, 0.4) is 0 Å². The number of aromatic nitrogens is 1. The van der Waals surface area contributed by atoms with Crippen LogP contribution < -0.4 is 5.56 Å². The largest absolute Gasteiger partial charge is 0.465 e. The molecule has 0 atom stereocenters. The first kappa shape index (κ1) is 16.7. The smallest absolute Gasteiger partial charge is 0.337 e. The van der Waals surface area contributed by atoms with Gasteiger partial charge in [-0.2, -0.15) is 0 Å². The maximum atomic E-state index is 13.0. The fourth-order valence-corrected chi connectivity index (χ4v) is 3.25. The molecule has 0 spiro atoms. The molecule has 6 nitrogen and oxygen atoms in total. The number of nitrogens with one attached hydrogen (secondary N) is 1. The number of carbonyl (C=O) groups excluding carboxylic acids is 3. The Morgan fingerprint density at radius 3 is 2.11 bits per heavy atom. The zero-order valence-corrected chi connectivity index (χ0v) is 14.2. The first-order valence-electron chi connectivity index (χ1n) is 8.15. The van der Waals surface area contributed by atoms with Crippen LogP contribution in [0.2, 0.25) is 0 Å². The molecular weight excluding hydrogens is 346 g/mol. The van der Waals surface area contributed by atoms with Crippen molar-refractivity contribution < 1.29 is 19.1 Å². The highest BCUT2D eigenvalue weighted by Crippen LogP contribution is 2.32. The number of methoxy groups -OCH3 is 1. The topological polar surface area (TPSA) is 93.3 Å². The van der Waals surface area contributed by atoms with Crippen LogP contribution in [-0.2, 0) is 4.74 Å². The average Bonchev–Trinajstić information content (AvgIpc) is 2.71. The van der Waals surface area contributed by atoms with Crippen LogP contribution in [0.5, 0.6) is 0 Å². The van der Waals surface area contributed by atoms with Crippen LogP contribution in [0.15, 0.2) is 59.4 Å². The normalized spacial score (nSPS) is 12.3. The molecule has 4 rings (SSSR count). The van der Waals surface area contributed by atoms with E-state index >= 15 is 0 Å². The van der Waals surface area contributed by atoms with Crippen molar-refractivity contribution in [3.05, 3.63) is 92.9 Å². The van der Waals surface area contributed by atoms with Crippen LogP contribution >= 0.6 is 0 Å². The number of ether oxygens (including phenoxy) is 1. The van der Waals surface area contributed by atoms with Crippen molar-refractivity contribution >= 4 is 17.5 Å². The molecule has 0 unspecified atom stereocenters. The molecule has 1 aliphatic carbocycles. The lowest BCUT2D eigenvalue weighted by Gasteiger charge is -2.19. The van der Waals surface area contributed by atoms with E-state index < -0.39 is 17.3 Å². The monoisotopic (exact) mass is 359 g/mol. The lowest BCUT2D eigenvalue weighted by molar-refractivity contribution is 0.0600. The first-order valence-corrected chi connectivity index (χ1v) is 8.15. The molecular formula is C21H13NO5. The molecule has 0 radical (unpaired) electrons. The zero-order chi connectivity index (χ0) is 19.1. The molecule has 27 heavy (non-hydrogen) atoms. The molecule has 2 aromatic carbocycles. The second-order valence-electron chi connectivity index (χ2n) is 6.07. The van der Waals surface area contributed by atoms with Gasteiger partial charge in [-0.15, -0.1) is 0 Å². The predicted molar refractivity (Wildman–Crippen MR) is 97.1 cm³/mol. The lowest BCUT2D eigenvalue weighted by atomic mass is 9.83. The number of hydrogen-bond acceptors (Lipinski definition) is 5. The molecule has 0 saturated carbocycles. The van der Waals surface area contributed by atoms with Crippen molar-refractivity contribution in [1.29, 1.82) is 0 Å². The van der Waals surface area contributed by atoms with E-state index in [-0.39, 0.29) is 22.6 Å². The Hall–Kier alpha value is -3.80. The standard InChI is InChI=1S/C21H13NO5/c1-27-21(26)12-8-6-11(7-9-12)15-10-16(23)22-18-17(15)19(24)13-4-2-3-5-14(13)20(18)25/h2-10H,1H3,(H,22,23). The summed E-state index contributed by atoms with van der Waals surface area (Å²) in [4.78, 5) is 52.1. The molecule has 1 aromatic heterocycles. The van der Waals surface area contributed by atoms with Gasteiger partial charge in [0, 0.05) is 22.8 Å². The summed E-state index contributed by atoms with van der Waals surface area (Å²) in [6.45, 7) is 0. The SMILES string of the molecule is COC(=O)c1ccc(-c2cc(=O)[nH]c3c2C(=O)c2ccccc2C3=O)cc1. The summed E-state index contributed by atoms with van der Waals surface area (Å²) in [5.74, 6) is -1.22. The van der Waals surface area contributed by atoms with E-state index in [1.165, 1.54) is 25.3 Å². The number of esters is 1. The Bertz CT molecular complexity index is 1170. The van der Waals surface area contributed by atoms with Crippen molar-refractivity contribution in [2.75, 3.05) is 7.11 Å². The van der Waals surface area contributed by atoms with Gasteiger partial charge < -0.3 is 9.72 Å². The molecule has 1 aliphatic rings. The summed E-state index contributed by atoms with van der Waals surface area (Å²) >= 11 is 0. The van der Waals surface area contributed by atoms with Gasteiger partial charge in [0.1, 0.15) is 5.69 Å². The van der Waals surface area contributed by atoms with Crippen LogP contribution in [0.25, 0.3) is 11.1 Å². The van der Waals surface area contributed by atoms with Crippen LogP contribution in [0, 0.1) is 0 Å². The fraction of sp³-hybridized carbons (Fsp3) is 0.0476. The summed E-state index contributed by atoms with van der Waals surface area (Å²) in [6.07, 6.45) is 0. The highest BCUT2D eigenvalue weighted by atomic mass is 16.5. The van der Waals surface area contributed by atoms with E-state index in [4.69, 9.17) is 0 Å². The minimum Gasteiger partial charge on any atom is -0.465 e. The Labute approximate surface area is 153 Å². The molecule has 0 fully saturated rings. The number of H-pyrrole nitrogens is 1. The molecule has 0 amide bonds. The van der Waals surface area contributed by atoms with E-state index in [0.29, 0.717) is 22.3 Å². The van der Waals surface area contributed by atoms with Gasteiger partial charge in [0.15, 0.2) is 5.78 Å². The number of rotatable bonds is 2. The molecule has 0 saturated heterocycles. The van der Waals surface area contributed by atoms with Gasteiger partial charge in [-0.1, -0.05) is 36.4 Å². The van der Waals surface area contributed by atoms with Gasteiger partial charge in [-0.05, 0) is 17.7 Å². The van der Waals surface area contributed by atoms with Gasteiger partial charge >= 0.3 is 5.97 Å². The molecule has 3 aromatic rings. The number of fused-ring (bicyclic) bond motifs is 2. The minimum atomic E-state index is -0.491. The van der Waals surface area contributed by atoms with Gasteiger partial charge in [0.05, 0.1) is 18.2 Å². The van der Waals surface area contributed by atoms with Crippen molar-refractivity contribution in [3.63, 3.8) is 0 Å². The number of ketones is 2. The molecule has 0 aliphatic heterocycles. The highest BCUT2D eigenvalue weighted by Gasteiger charge is 2.32. The third kappa shape index (κ3) is 2.58.